The Hall–Kier alpha value is -2.62. The second-order valence-electron chi connectivity index (χ2n) is 5.19. The van der Waals surface area contributed by atoms with Gasteiger partial charge < -0.3 is 5.11 Å². The average molecular weight is 280 g/mol. The molecule has 0 heterocycles. The van der Waals surface area contributed by atoms with Crippen LogP contribution in [0.25, 0.3) is 0 Å². The van der Waals surface area contributed by atoms with Crippen molar-refractivity contribution in [2.24, 2.45) is 11.0 Å². The summed E-state index contributed by atoms with van der Waals surface area (Å²) in [6, 6.07) is 16.8. The number of benzene rings is 2. The maximum atomic E-state index is 12.0. The van der Waals surface area contributed by atoms with Crippen molar-refractivity contribution >= 4 is 12.1 Å². The van der Waals surface area contributed by atoms with E-state index >= 15 is 0 Å². The van der Waals surface area contributed by atoms with Gasteiger partial charge in [0.2, 0.25) is 5.91 Å². The Morgan fingerprint density at radius 2 is 2.00 bits per heavy atom. The quantitative estimate of drug-likeness (QED) is 0.668. The van der Waals surface area contributed by atoms with Gasteiger partial charge in [-0.3, -0.25) is 4.79 Å². The molecule has 4 nitrogen and oxygen atoms in total. The minimum Gasteiger partial charge on any atom is -0.508 e. The molecule has 3 rings (SSSR count). The van der Waals surface area contributed by atoms with Crippen LogP contribution in [0.2, 0.25) is 0 Å². The number of carbonyl (C=O) groups excluding carboxylic acids is 1. The zero-order valence-electron chi connectivity index (χ0n) is 11.4. The molecule has 106 valence electrons. The third-order valence-electron chi connectivity index (χ3n) is 3.61. The number of hydrazone groups is 1. The Bertz CT molecular complexity index is 668. The van der Waals surface area contributed by atoms with Crippen LogP contribution in [0.1, 0.15) is 23.5 Å². The Kier molecular flexibility index (Phi) is 3.69. The summed E-state index contributed by atoms with van der Waals surface area (Å²) in [6.07, 6.45) is 2.40. The minimum absolute atomic E-state index is 0.00808. The highest BCUT2D eigenvalue weighted by atomic mass is 16.3. The number of nitrogens with one attached hydrogen (secondary N) is 1. The molecule has 2 aromatic carbocycles. The van der Waals surface area contributed by atoms with E-state index in [0.717, 1.165) is 12.0 Å². The highest BCUT2D eigenvalue weighted by Crippen LogP contribution is 2.47. The van der Waals surface area contributed by atoms with Crippen molar-refractivity contribution in [1.29, 1.82) is 0 Å². The van der Waals surface area contributed by atoms with E-state index in [1.54, 1.807) is 24.3 Å². The number of nitrogens with zero attached hydrogens (tertiary/aromatic N) is 1. The molecule has 2 aromatic rings. The largest absolute Gasteiger partial charge is 0.508 e. The van der Waals surface area contributed by atoms with Gasteiger partial charge in [0.15, 0.2) is 0 Å². The van der Waals surface area contributed by atoms with E-state index in [0.29, 0.717) is 5.92 Å². The molecule has 0 saturated heterocycles. The lowest BCUT2D eigenvalue weighted by atomic mass is 10.1. The first-order valence-corrected chi connectivity index (χ1v) is 6.91. The smallest absolute Gasteiger partial charge is 0.243 e. The van der Waals surface area contributed by atoms with Crippen molar-refractivity contribution in [1.82, 2.24) is 5.43 Å². The van der Waals surface area contributed by atoms with E-state index in [-0.39, 0.29) is 17.6 Å². The minimum atomic E-state index is -0.0553. The van der Waals surface area contributed by atoms with E-state index in [4.69, 9.17) is 0 Å². The molecule has 1 amide bonds. The van der Waals surface area contributed by atoms with Gasteiger partial charge in [0.25, 0.3) is 0 Å². The van der Waals surface area contributed by atoms with Crippen molar-refractivity contribution in [3.05, 3.63) is 65.7 Å². The van der Waals surface area contributed by atoms with Gasteiger partial charge in [0, 0.05) is 5.92 Å². The van der Waals surface area contributed by atoms with Crippen LogP contribution in [0, 0.1) is 5.92 Å². The fourth-order valence-electron chi connectivity index (χ4n) is 2.41. The first-order chi connectivity index (χ1) is 10.2. The lowest BCUT2D eigenvalue weighted by Crippen LogP contribution is -2.20. The maximum Gasteiger partial charge on any atom is 0.243 e. The third-order valence-corrected chi connectivity index (χ3v) is 3.61. The number of aromatic hydroxyl groups is 1. The number of hydrogen-bond donors (Lipinski definition) is 2. The lowest BCUT2D eigenvalue weighted by molar-refractivity contribution is -0.122. The summed E-state index contributed by atoms with van der Waals surface area (Å²) in [5, 5.41) is 13.3. The van der Waals surface area contributed by atoms with Crippen LogP contribution in [-0.4, -0.2) is 17.2 Å². The summed E-state index contributed by atoms with van der Waals surface area (Å²) in [4.78, 5) is 12.0. The van der Waals surface area contributed by atoms with Crippen LogP contribution in [0.15, 0.2) is 59.7 Å². The molecule has 0 unspecified atom stereocenters. The Labute approximate surface area is 123 Å². The summed E-state index contributed by atoms with van der Waals surface area (Å²) in [5.74, 6) is 0.438. The maximum absolute atomic E-state index is 12.0. The number of carbonyl (C=O) groups is 1. The van der Waals surface area contributed by atoms with Crippen molar-refractivity contribution < 1.29 is 9.90 Å². The van der Waals surface area contributed by atoms with Crippen LogP contribution in [0.3, 0.4) is 0 Å². The fourth-order valence-corrected chi connectivity index (χ4v) is 2.41. The molecule has 1 saturated carbocycles. The molecule has 0 aliphatic heterocycles. The second-order valence-corrected chi connectivity index (χ2v) is 5.19. The van der Waals surface area contributed by atoms with E-state index < -0.39 is 0 Å². The first kappa shape index (κ1) is 13.4. The summed E-state index contributed by atoms with van der Waals surface area (Å²) in [7, 11) is 0. The second kappa shape index (κ2) is 5.79. The van der Waals surface area contributed by atoms with Crippen molar-refractivity contribution in [3.63, 3.8) is 0 Å². The Balaban J connectivity index is 1.54. The molecule has 0 spiro atoms. The van der Waals surface area contributed by atoms with Gasteiger partial charge >= 0.3 is 0 Å². The summed E-state index contributed by atoms with van der Waals surface area (Å²) in [5.41, 5.74) is 4.51. The van der Waals surface area contributed by atoms with Crippen LogP contribution in [-0.2, 0) is 4.79 Å². The number of rotatable bonds is 4. The van der Waals surface area contributed by atoms with Gasteiger partial charge in [0.05, 0.1) is 6.21 Å². The summed E-state index contributed by atoms with van der Waals surface area (Å²) in [6.45, 7) is 0. The zero-order valence-corrected chi connectivity index (χ0v) is 11.4. The SMILES string of the molecule is O=C(N/N=C\c1cccc(O)c1)[C@@H]1C[C@@H]1c1ccccc1. The van der Waals surface area contributed by atoms with E-state index in [9.17, 15) is 9.90 Å². The zero-order chi connectivity index (χ0) is 14.7. The number of phenols is 1. The molecule has 0 bridgehead atoms. The molecule has 1 aliphatic carbocycles. The van der Waals surface area contributed by atoms with Gasteiger partial charge in [-0.05, 0) is 35.6 Å². The average Bonchev–Trinajstić information content (AvgIpc) is 3.29. The molecule has 21 heavy (non-hydrogen) atoms. The fraction of sp³-hybridized carbons (Fsp3) is 0.176. The topological polar surface area (TPSA) is 61.7 Å². The molecular formula is C17H16N2O2. The van der Waals surface area contributed by atoms with Crippen LogP contribution >= 0.6 is 0 Å². The van der Waals surface area contributed by atoms with E-state index in [2.05, 4.69) is 10.5 Å². The highest BCUT2D eigenvalue weighted by Gasteiger charge is 2.43. The van der Waals surface area contributed by atoms with Gasteiger partial charge in [0.1, 0.15) is 5.75 Å². The predicted octanol–water partition coefficient (Wildman–Crippen LogP) is 2.65. The first-order valence-electron chi connectivity index (χ1n) is 6.91. The van der Waals surface area contributed by atoms with Crippen molar-refractivity contribution in [2.45, 2.75) is 12.3 Å². The summed E-state index contributed by atoms with van der Waals surface area (Å²) >= 11 is 0. The molecule has 2 atom stereocenters. The monoisotopic (exact) mass is 280 g/mol. The van der Waals surface area contributed by atoms with Gasteiger partial charge in [-0.2, -0.15) is 5.10 Å². The molecular weight excluding hydrogens is 264 g/mol. The van der Waals surface area contributed by atoms with Crippen molar-refractivity contribution in [3.8, 4) is 5.75 Å². The van der Waals surface area contributed by atoms with Crippen LogP contribution in [0.5, 0.6) is 5.75 Å². The van der Waals surface area contributed by atoms with Crippen molar-refractivity contribution in [2.75, 3.05) is 0 Å². The van der Waals surface area contributed by atoms with E-state index in [1.807, 2.05) is 30.3 Å². The number of phenolic OH excluding ortho intramolecular Hbond substituents is 1. The van der Waals surface area contributed by atoms with Gasteiger partial charge in [-0.1, -0.05) is 42.5 Å². The van der Waals surface area contributed by atoms with Crippen LogP contribution < -0.4 is 5.43 Å². The molecule has 2 N–H and O–H groups in total. The van der Waals surface area contributed by atoms with Gasteiger partial charge in [-0.15, -0.1) is 0 Å². The molecule has 1 fully saturated rings. The predicted molar refractivity (Wildman–Crippen MR) is 81.1 cm³/mol. The van der Waals surface area contributed by atoms with Gasteiger partial charge in [-0.25, -0.2) is 5.43 Å². The highest BCUT2D eigenvalue weighted by molar-refractivity contribution is 5.85. The summed E-state index contributed by atoms with van der Waals surface area (Å²) < 4.78 is 0. The Morgan fingerprint density at radius 3 is 2.76 bits per heavy atom. The van der Waals surface area contributed by atoms with E-state index in [1.165, 1.54) is 11.8 Å². The normalized spacial score (nSPS) is 20.4. The standard InChI is InChI=1S/C17H16N2O2/c20-14-8-4-5-12(9-14)11-18-19-17(21)16-10-15(16)13-6-2-1-3-7-13/h1-9,11,15-16,20H,10H2,(H,19,21)/b18-11-/t15-,16-/m1/s1. The number of hydrogen-bond acceptors (Lipinski definition) is 3. The molecule has 4 heteroatoms. The third kappa shape index (κ3) is 3.28. The van der Waals surface area contributed by atoms with Crippen LogP contribution in [0.4, 0.5) is 0 Å². The molecule has 1 aliphatic rings. The molecule has 0 radical (unpaired) electrons. The Morgan fingerprint density at radius 1 is 1.19 bits per heavy atom. The number of amides is 1. The molecule has 0 aromatic heterocycles. The lowest BCUT2D eigenvalue weighted by Gasteiger charge is -2.00.